The summed E-state index contributed by atoms with van der Waals surface area (Å²) in [6.45, 7) is -2.95. The topological polar surface area (TPSA) is 570 Å². The molecule has 7 heterocycles. The minimum Gasteiger partial charge on any atom is -0.778 e. The van der Waals surface area contributed by atoms with Gasteiger partial charge in [0, 0.05) is 96.8 Å². The van der Waals surface area contributed by atoms with Crippen LogP contribution in [0.15, 0.2) is 119 Å². The fourth-order valence-corrected chi connectivity index (χ4v) is 15.0. The summed E-state index contributed by atoms with van der Waals surface area (Å²) in [6.07, 6.45) is -4.41. The molecule has 39 nitrogen and oxygen atoms in total. The van der Waals surface area contributed by atoms with E-state index in [1.807, 2.05) is 0 Å². The number of carbonyl (C=O) groups excluding carboxylic acids is 2. The number of aromatic carboxylic acids is 1. The fourth-order valence-electron chi connectivity index (χ4n) is 11.8. The number of nitrogens with one attached hydrogen (secondary N) is 4. The number of nitrogen functional groups attached to an aromatic ring is 1. The number of nitrogens with zero attached hydrogens (tertiary/aromatic N) is 4. The number of aliphatic hydroxyl groups is 2. The molecule has 5 aromatic rings. The van der Waals surface area contributed by atoms with Crippen molar-refractivity contribution in [3.05, 3.63) is 170 Å². The van der Waals surface area contributed by atoms with Crippen molar-refractivity contribution in [1.29, 1.82) is 0 Å². The molecule has 572 valence electrons. The maximum absolute atomic E-state index is 13.9. The number of phosphoric ester groups is 2. The van der Waals surface area contributed by atoms with Crippen molar-refractivity contribution in [3.63, 3.8) is 0 Å². The molecule has 12 atom stereocenters. The summed E-state index contributed by atoms with van der Waals surface area (Å²) in [5, 5.41) is 46.8. The van der Waals surface area contributed by atoms with E-state index in [0.717, 1.165) is 38.2 Å². The molecule has 3 aromatic heterocycles. The van der Waals surface area contributed by atoms with Crippen LogP contribution in [0.5, 0.6) is 5.75 Å². The van der Waals surface area contributed by atoms with Crippen LogP contribution in [0, 0.1) is 6.92 Å². The molecule has 5 aliphatic rings. The third-order valence-electron chi connectivity index (χ3n) is 17.1. The summed E-state index contributed by atoms with van der Waals surface area (Å²) in [4.78, 5) is 162. The average molecular weight is 1540 g/mol. The lowest BCUT2D eigenvalue weighted by molar-refractivity contribution is -0.233. The molecule has 0 bridgehead atoms. The number of aromatic nitrogens is 6. The van der Waals surface area contributed by atoms with Crippen LogP contribution in [0.4, 0.5) is 5.82 Å². The van der Waals surface area contributed by atoms with Crippen molar-refractivity contribution in [1.82, 2.24) is 39.3 Å². The number of carboxylic acid groups (broad SMARTS) is 1. The Morgan fingerprint density at radius 3 is 2.06 bits per heavy atom. The van der Waals surface area contributed by atoms with E-state index < -0.39 is 177 Å². The van der Waals surface area contributed by atoms with E-state index in [4.69, 9.17) is 56.5 Å². The first-order valence-corrected chi connectivity index (χ1v) is 37.4. The Hall–Kier alpha value is -8.79. The molecule has 2 aromatic carbocycles. The number of phosphoric acid groups is 2. The first-order chi connectivity index (χ1) is 50.5. The van der Waals surface area contributed by atoms with Crippen LogP contribution >= 0.6 is 23.2 Å². The molecular formula is C64H73N9O30P3-3. The number of aryl methyl sites for hydroxylation is 1. The van der Waals surface area contributed by atoms with Gasteiger partial charge in [0.1, 0.15) is 61.4 Å². The van der Waals surface area contributed by atoms with Crippen molar-refractivity contribution in [2.75, 3.05) is 78.3 Å². The van der Waals surface area contributed by atoms with Gasteiger partial charge in [-0.2, -0.15) is 4.98 Å². The van der Waals surface area contributed by atoms with Gasteiger partial charge in [-0.25, -0.2) is 19.2 Å². The molecule has 0 saturated carbocycles. The smallest absolute Gasteiger partial charge is 0.351 e. The second-order valence-electron chi connectivity index (χ2n) is 24.4. The van der Waals surface area contributed by atoms with E-state index in [2.05, 4.69) is 25.6 Å². The Bertz CT molecular complexity index is 4880. The van der Waals surface area contributed by atoms with Crippen LogP contribution in [0.25, 0.3) is 39.5 Å². The number of benzene rings is 3. The summed E-state index contributed by atoms with van der Waals surface area (Å²) >= 11 is 0. The minimum absolute atomic E-state index is 0.0330. The predicted molar refractivity (Wildman–Crippen MR) is 362 cm³/mol. The highest BCUT2D eigenvalue weighted by Crippen LogP contribution is 2.54. The van der Waals surface area contributed by atoms with Crippen molar-refractivity contribution >= 4 is 63.9 Å². The SMILES string of the molecule is Cc1cn([C@H]2C[C@@H](P(=O)([O-])OC[C@H]3O[C@@H](n4cc(/C=C/C(=O)NCCCCCCNC(=O)c5ccc(C(=O)O)c(-c6c7ccc(=O)cc-7oc7cc(O)ccc67)c5)c(=O)[nH]c4=O)C[C@H]3OP(=O)([O-])OCCOCCOCCOP(=O)([O-])OC[C@H]3O[C@@H](n4ccc(N)nc4=O)C[C@H]3O)[C@@H](CO)O2)c(=O)[nH]c1=O. The van der Waals surface area contributed by atoms with Gasteiger partial charge in [0.25, 0.3) is 32.7 Å². The number of carbonyl (C=O) groups is 3. The molecule has 10 rings (SSSR count). The summed E-state index contributed by atoms with van der Waals surface area (Å²) < 4.78 is 102. The molecule has 0 radical (unpaired) electrons. The Morgan fingerprint density at radius 2 is 1.35 bits per heavy atom. The van der Waals surface area contributed by atoms with Gasteiger partial charge in [0.2, 0.25) is 5.91 Å². The Morgan fingerprint density at radius 1 is 0.708 bits per heavy atom. The van der Waals surface area contributed by atoms with Crippen LogP contribution in [-0.2, 0) is 64.8 Å². The first kappa shape index (κ1) is 79.8. The highest BCUT2D eigenvalue weighted by molar-refractivity contribution is 7.52. The Kier molecular flexibility index (Phi) is 26.6. The van der Waals surface area contributed by atoms with E-state index in [1.54, 1.807) is 0 Å². The first-order valence-electron chi connectivity index (χ1n) is 32.9. The Balaban J connectivity index is 0.693. The number of H-pyrrole nitrogens is 2. The van der Waals surface area contributed by atoms with Crippen molar-refractivity contribution < 1.29 is 114 Å². The van der Waals surface area contributed by atoms with E-state index in [9.17, 15) is 92.0 Å². The highest BCUT2D eigenvalue weighted by Gasteiger charge is 2.46. The van der Waals surface area contributed by atoms with E-state index in [1.165, 1.54) is 73.8 Å². The number of fused-ring (bicyclic) bond motifs is 2. The van der Waals surface area contributed by atoms with Crippen LogP contribution in [0.1, 0.15) is 95.5 Å². The third kappa shape index (κ3) is 20.5. The second-order valence-corrected chi connectivity index (χ2v) is 29.2. The van der Waals surface area contributed by atoms with Gasteiger partial charge in [-0.05, 0) is 79.9 Å². The number of aromatic hydroxyl groups is 1. The van der Waals surface area contributed by atoms with Gasteiger partial charge in [0.05, 0.1) is 94.6 Å². The van der Waals surface area contributed by atoms with E-state index in [-0.39, 0.29) is 95.5 Å². The number of unbranched alkanes of at least 4 members (excludes halogenated alkanes) is 3. The number of ether oxygens (including phenoxy) is 5. The lowest BCUT2D eigenvalue weighted by Gasteiger charge is -2.33. The van der Waals surface area contributed by atoms with Gasteiger partial charge in [-0.15, -0.1) is 0 Å². The number of carboxylic acids is 1. The lowest BCUT2D eigenvalue weighted by atomic mass is 9.89. The maximum Gasteiger partial charge on any atom is 0.351 e. The fraction of sp³-hybridized carbons (Fsp3) is 0.438. The summed E-state index contributed by atoms with van der Waals surface area (Å²) in [7, 11) is -15.6. The number of aromatic amines is 2. The van der Waals surface area contributed by atoms with Gasteiger partial charge in [0.15, 0.2) is 5.43 Å². The average Bonchev–Trinajstić information content (AvgIpc) is 0.992. The number of anilines is 1. The molecule has 1 aliphatic carbocycles. The quantitative estimate of drug-likeness (QED) is 0.0110. The van der Waals surface area contributed by atoms with Crippen LogP contribution in [0.3, 0.4) is 0 Å². The number of aliphatic hydroxyl groups excluding tert-OH is 2. The lowest BCUT2D eigenvalue weighted by Crippen LogP contribution is -2.35. The molecule has 10 N–H and O–H groups in total. The van der Waals surface area contributed by atoms with Gasteiger partial charge < -0.3 is 107 Å². The molecule has 3 unspecified atom stereocenters. The van der Waals surface area contributed by atoms with Gasteiger partial charge >= 0.3 is 23.0 Å². The monoisotopic (exact) mass is 1540 g/mol. The predicted octanol–water partition coefficient (Wildman–Crippen LogP) is 0.195. The third-order valence-corrected chi connectivity index (χ3v) is 20.9. The second kappa shape index (κ2) is 35.3. The Labute approximate surface area is 598 Å². The number of rotatable bonds is 36. The molecule has 2 amide bonds. The zero-order valence-electron chi connectivity index (χ0n) is 56.2. The molecule has 106 heavy (non-hydrogen) atoms. The van der Waals surface area contributed by atoms with Crippen molar-refractivity contribution in [2.45, 2.75) is 107 Å². The number of amides is 2. The molecule has 3 fully saturated rings. The number of phenols is 1. The summed E-state index contributed by atoms with van der Waals surface area (Å²) in [5.74, 6) is -2.46. The van der Waals surface area contributed by atoms with Crippen LogP contribution in [0.2, 0.25) is 0 Å². The maximum atomic E-state index is 13.9. The zero-order valence-corrected chi connectivity index (χ0v) is 58.9. The van der Waals surface area contributed by atoms with Crippen molar-refractivity contribution in [3.8, 4) is 28.2 Å². The van der Waals surface area contributed by atoms with Gasteiger partial charge in [-0.3, -0.25) is 56.8 Å². The zero-order chi connectivity index (χ0) is 76.2. The molecule has 3 saturated heterocycles. The molecular weight excluding hydrogens is 1470 g/mol. The highest BCUT2D eigenvalue weighted by atomic mass is 31.2. The minimum atomic E-state index is -5.41. The largest absolute Gasteiger partial charge is 0.778 e. The summed E-state index contributed by atoms with van der Waals surface area (Å²) in [5.41, 5.74) is -0.0346. The van der Waals surface area contributed by atoms with Crippen molar-refractivity contribution in [2.24, 2.45) is 0 Å². The number of hydrogen-bond acceptors (Lipinski definition) is 31. The molecule has 0 spiro atoms. The summed E-state index contributed by atoms with van der Waals surface area (Å²) in [6, 6.07) is 13.7. The van der Waals surface area contributed by atoms with Crippen LogP contribution < -0.4 is 64.7 Å². The number of hydrogen-bond donors (Lipinski definition) is 9. The molecule has 4 aliphatic heterocycles. The van der Waals surface area contributed by atoms with E-state index >= 15 is 0 Å². The van der Waals surface area contributed by atoms with Gasteiger partial charge in [-0.1, -0.05) is 12.8 Å². The van der Waals surface area contributed by atoms with E-state index in [0.29, 0.717) is 42.2 Å². The standard InChI is InChI=1S/C64H76N9O30P3/c1-35-30-72(63(85)69-58(35)79)56-29-51(48(32-74)100-56)104(87,88)97-34-50-47(103-106(91,92)96-23-21-94-19-18-93-20-22-95-105(89,90)98-33-49-44(77)27-54(101-49)71-17-14-52(65)68-62(71)84)28-55(102-50)73-31-37(60(81)70-64(73)86)7-13-53(78)66-15-4-2-3-5-16-67-59(80)36-6-10-40(61(82)83)43(24-36)57-41-11-8-38(75)25-45(41)99-46-26-39(76)9-12-42(46)57/h6-14,17,24-26,30-31,44,47-51,54-56,74-75,77H,2-5,15-16,18-23,27-29,32-34H2,1H3,(H,66,78)(H,67,80)(H,82,83)(H,87,88)(H,89,90)(H,91,92)(H2,65,68,84)(H,69,79,85)(H,70,81,86)/p-3/b13-7+/t44-,47-,48-,49-,50-,51-,54-,55-,56-/m1/s1. The normalized spacial score (nSPS) is 22.0. The number of nitrogens with two attached hydrogens (primary N) is 1. The van der Waals surface area contributed by atoms with Crippen LogP contribution in [-0.4, -0.2) is 176 Å². The number of phenolic OH excluding ortho intramolecular Hbond substituents is 1. The molecule has 42 heteroatoms.